The zero-order valence-corrected chi connectivity index (χ0v) is 13.5. The van der Waals surface area contributed by atoms with E-state index in [1.807, 2.05) is 37.4 Å². The first-order chi connectivity index (χ1) is 10.0. The second-order valence-corrected chi connectivity index (χ2v) is 6.07. The molecule has 0 bridgehead atoms. The van der Waals surface area contributed by atoms with Gasteiger partial charge in [-0.05, 0) is 25.6 Å². The van der Waals surface area contributed by atoms with E-state index in [-0.39, 0.29) is 6.16 Å². The highest BCUT2D eigenvalue weighted by Gasteiger charge is 2.10. The molecule has 0 fully saturated rings. The number of pyridine rings is 1. The quantitative estimate of drug-likeness (QED) is 0.595. The third-order valence-electron chi connectivity index (χ3n) is 2.57. The molecule has 118 valence electrons. The van der Waals surface area contributed by atoms with Crippen molar-refractivity contribution in [1.29, 1.82) is 0 Å². The zero-order valence-electron chi connectivity index (χ0n) is 12.6. The van der Waals surface area contributed by atoms with Crippen LogP contribution in [-0.4, -0.2) is 28.0 Å². The van der Waals surface area contributed by atoms with Crippen LogP contribution in [0, 0.1) is 0 Å². The van der Waals surface area contributed by atoms with E-state index in [0.29, 0.717) is 6.42 Å². The highest BCUT2D eigenvalue weighted by molar-refractivity contribution is 7.51. The minimum atomic E-state index is -3.70. The topological polar surface area (TPSA) is 96.4 Å². The van der Waals surface area contributed by atoms with Gasteiger partial charge in [-0.3, -0.25) is 9.55 Å². The smallest absolute Gasteiger partial charge is 0.325 e. The van der Waals surface area contributed by atoms with E-state index in [0.717, 1.165) is 18.4 Å². The predicted octanol–water partition coefficient (Wildman–Crippen LogP) is 3.16. The van der Waals surface area contributed by atoms with Crippen LogP contribution in [0.25, 0.3) is 10.9 Å². The molecule has 2 aromatic rings. The van der Waals surface area contributed by atoms with E-state index in [1.165, 1.54) is 12.4 Å². The maximum Gasteiger partial charge on any atom is 0.325 e. The van der Waals surface area contributed by atoms with Crippen LogP contribution < -0.4 is 5.73 Å². The second-order valence-electron chi connectivity index (χ2n) is 4.29. The number of rotatable bonds is 4. The van der Waals surface area contributed by atoms with Crippen LogP contribution in [0.5, 0.6) is 0 Å². The highest BCUT2D eigenvalue weighted by Crippen LogP contribution is 2.35. The molecule has 1 aromatic carbocycles. The van der Waals surface area contributed by atoms with Gasteiger partial charge in [0.1, 0.15) is 0 Å². The van der Waals surface area contributed by atoms with Crippen LogP contribution in [0.2, 0.25) is 0 Å². The van der Waals surface area contributed by atoms with Crippen molar-refractivity contribution < 1.29 is 14.4 Å². The first-order valence-corrected chi connectivity index (χ1v) is 8.75. The molecular formula is C15H25N2O3P. The van der Waals surface area contributed by atoms with Crippen molar-refractivity contribution in [2.24, 2.45) is 5.73 Å². The van der Waals surface area contributed by atoms with Gasteiger partial charge >= 0.3 is 7.60 Å². The van der Waals surface area contributed by atoms with Crippen LogP contribution in [0.1, 0.15) is 26.2 Å². The molecule has 0 unspecified atom stereocenters. The fraction of sp³-hybridized carbons (Fsp3) is 0.400. The molecule has 1 heterocycles. The number of nitrogens with two attached hydrogens (primary N) is 1. The average Bonchev–Trinajstić information content (AvgIpc) is 2.49. The maximum absolute atomic E-state index is 10.2. The van der Waals surface area contributed by atoms with Gasteiger partial charge in [0.2, 0.25) is 0 Å². The Morgan fingerprint density at radius 3 is 2.29 bits per heavy atom. The third-order valence-corrected chi connectivity index (χ3v) is 3.46. The summed E-state index contributed by atoms with van der Waals surface area (Å²) in [5.74, 6) is 0. The van der Waals surface area contributed by atoms with Gasteiger partial charge in [-0.25, -0.2) is 0 Å². The van der Waals surface area contributed by atoms with Crippen molar-refractivity contribution in [2.75, 3.05) is 13.2 Å². The first kappa shape index (κ1) is 19.7. The van der Waals surface area contributed by atoms with Crippen LogP contribution in [0.4, 0.5) is 0 Å². The number of fused-ring (bicyclic) bond motifs is 1. The Balaban J connectivity index is 0.000000344. The Hall–Kier alpha value is -1.26. The number of benzene rings is 1. The minimum absolute atomic E-state index is 0.0425. The lowest BCUT2D eigenvalue weighted by Gasteiger charge is -2.00. The lowest BCUT2D eigenvalue weighted by Crippen LogP contribution is -1.86. The molecule has 21 heavy (non-hydrogen) atoms. The summed E-state index contributed by atoms with van der Waals surface area (Å²) in [6.07, 6.45) is 4.40. The molecule has 2 rings (SSSR count). The Morgan fingerprint density at radius 1 is 1.10 bits per heavy atom. The molecule has 5 nitrogen and oxygen atoms in total. The molecular weight excluding hydrogens is 287 g/mol. The number of hydrogen-bond donors (Lipinski definition) is 3. The van der Waals surface area contributed by atoms with Gasteiger partial charge in [0, 0.05) is 17.7 Å². The summed E-state index contributed by atoms with van der Waals surface area (Å²) < 4.78 is 10.2. The monoisotopic (exact) mass is 312 g/mol. The summed E-state index contributed by atoms with van der Waals surface area (Å²) in [4.78, 5) is 20.9. The van der Waals surface area contributed by atoms with E-state index >= 15 is 0 Å². The van der Waals surface area contributed by atoms with Crippen molar-refractivity contribution in [3.05, 3.63) is 42.6 Å². The molecule has 0 aliphatic rings. The van der Waals surface area contributed by atoms with E-state index in [9.17, 15) is 4.57 Å². The molecule has 0 aliphatic heterocycles. The van der Waals surface area contributed by atoms with Crippen molar-refractivity contribution in [3.8, 4) is 0 Å². The zero-order chi connectivity index (χ0) is 16.1. The number of para-hydroxylation sites is 1. The van der Waals surface area contributed by atoms with Crippen molar-refractivity contribution >= 4 is 18.5 Å². The Morgan fingerprint density at radius 2 is 1.71 bits per heavy atom. The average molecular weight is 312 g/mol. The van der Waals surface area contributed by atoms with Gasteiger partial charge in [-0.1, -0.05) is 44.0 Å². The van der Waals surface area contributed by atoms with Crippen LogP contribution in [0.15, 0.2) is 42.6 Å². The van der Waals surface area contributed by atoms with Gasteiger partial charge in [-0.2, -0.15) is 0 Å². The minimum Gasteiger partial charge on any atom is -0.333 e. The summed E-state index contributed by atoms with van der Waals surface area (Å²) in [5, 5.41) is 1.20. The molecule has 0 saturated carbocycles. The van der Waals surface area contributed by atoms with Crippen LogP contribution >= 0.6 is 7.60 Å². The fourth-order valence-corrected chi connectivity index (χ4v) is 2.22. The van der Waals surface area contributed by atoms with Crippen LogP contribution in [-0.2, 0) is 4.57 Å². The number of hydrogen-bond acceptors (Lipinski definition) is 3. The lowest BCUT2D eigenvalue weighted by atomic mass is 10.2. The van der Waals surface area contributed by atoms with E-state index in [2.05, 4.69) is 22.9 Å². The molecule has 0 atom stereocenters. The molecule has 1 aromatic heterocycles. The summed E-state index contributed by atoms with van der Waals surface area (Å²) in [5.41, 5.74) is 5.56. The van der Waals surface area contributed by atoms with E-state index in [1.54, 1.807) is 0 Å². The van der Waals surface area contributed by atoms with Gasteiger partial charge in [0.15, 0.2) is 0 Å². The highest BCUT2D eigenvalue weighted by atomic mass is 31.2. The number of nitrogens with zero attached hydrogens (tertiary/aromatic N) is 1. The van der Waals surface area contributed by atoms with Gasteiger partial charge in [-0.15, -0.1) is 0 Å². The standard InChI is InChI=1S/C9H7N.C5H13O3P.CH5N/c1-2-6-9-8(4-1)5-3-7-10-9;1-2-3-4-5-9(6,7)8;1-2/h1-7H;2-5H2,1H3,(H2,6,7,8);2H2,1H3. The first-order valence-electron chi connectivity index (χ1n) is 6.95. The third kappa shape index (κ3) is 10.2. The Labute approximate surface area is 126 Å². The van der Waals surface area contributed by atoms with Gasteiger partial charge < -0.3 is 15.5 Å². The van der Waals surface area contributed by atoms with Crippen molar-refractivity contribution in [2.45, 2.75) is 26.2 Å². The number of aromatic nitrogens is 1. The van der Waals surface area contributed by atoms with E-state index < -0.39 is 7.60 Å². The summed E-state index contributed by atoms with van der Waals surface area (Å²) >= 11 is 0. The summed E-state index contributed by atoms with van der Waals surface area (Å²) in [6.45, 7) is 2.00. The summed E-state index contributed by atoms with van der Waals surface area (Å²) in [7, 11) is -2.20. The largest absolute Gasteiger partial charge is 0.333 e. The lowest BCUT2D eigenvalue weighted by molar-refractivity contribution is 0.371. The predicted molar refractivity (Wildman–Crippen MR) is 88.3 cm³/mol. The molecule has 4 N–H and O–H groups in total. The van der Waals surface area contributed by atoms with Crippen molar-refractivity contribution in [3.63, 3.8) is 0 Å². The van der Waals surface area contributed by atoms with Gasteiger partial charge in [0.05, 0.1) is 5.52 Å². The van der Waals surface area contributed by atoms with Crippen LogP contribution in [0.3, 0.4) is 0 Å². The Bertz CT molecular complexity index is 478. The molecule has 6 heteroatoms. The second kappa shape index (κ2) is 11.4. The fourth-order valence-electron chi connectivity index (χ4n) is 1.58. The molecule has 0 aliphatic carbocycles. The summed E-state index contributed by atoms with van der Waals surface area (Å²) in [6, 6.07) is 12.1. The number of unbranched alkanes of at least 4 members (excludes halogenated alkanes) is 2. The molecule has 0 amide bonds. The molecule has 0 spiro atoms. The van der Waals surface area contributed by atoms with Gasteiger partial charge in [0.25, 0.3) is 0 Å². The normalized spacial score (nSPS) is 10.1. The van der Waals surface area contributed by atoms with E-state index in [4.69, 9.17) is 9.79 Å². The van der Waals surface area contributed by atoms with Crippen molar-refractivity contribution in [1.82, 2.24) is 4.98 Å². The SMILES string of the molecule is CCCCCP(=O)(O)O.CN.c1ccc2ncccc2c1. The molecule has 0 radical (unpaired) electrons. The molecule has 0 saturated heterocycles. The Kier molecular flexibility index (Phi) is 10.7. The maximum atomic E-state index is 10.2.